The van der Waals surface area contributed by atoms with Crippen LogP contribution < -0.4 is 17.0 Å². The Morgan fingerprint density at radius 3 is 2.85 bits per heavy atom. The molecule has 0 aliphatic rings. The van der Waals surface area contributed by atoms with E-state index in [2.05, 4.69) is 15.4 Å². The summed E-state index contributed by atoms with van der Waals surface area (Å²) < 4.78 is 0. The van der Waals surface area contributed by atoms with Crippen LogP contribution >= 0.6 is 11.3 Å². The first-order valence-corrected chi connectivity index (χ1v) is 4.66. The average Bonchev–Trinajstić information content (AvgIpc) is 2.55. The van der Waals surface area contributed by atoms with Crippen LogP contribution in [0, 0.1) is 0 Å². The minimum Gasteiger partial charge on any atom is -0.369 e. The number of aliphatic imine (C=N–C) groups is 1. The van der Waals surface area contributed by atoms with Crippen LogP contribution in [-0.2, 0) is 5.54 Å². The number of hydrogen-bond donors (Lipinski definition) is 3. The van der Waals surface area contributed by atoms with Crippen LogP contribution in [0.1, 0.15) is 18.9 Å². The highest BCUT2D eigenvalue weighted by Crippen LogP contribution is 2.25. The van der Waals surface area contributed by atoms with Crippen LogP contribution in [0.3, 0.4) is 0 Å². The molecule has 0 saturated carbocycles. The first-order valence-electron chi connectivity index (χ1n) is 3.78. The lowest BCUT2D eigenvalue weighted by molar-refractivity contribution is 0.549. The molecule has 5 nitrogen and oxygen atoms in total. The number of guanidine groups is 1. The molecule has 0 radical (unpaired) electrons. The molecule has 0 atom stereocenters. The Hall–Kier alpha value is -1.14. The first kappa shape index (κ1) is 9.94. The fourth-order valence-electron chi connectivity index (χ4n) is 0.907. The Morgan fingerprint density at radius 2 is 2.38 bits per heavy atom. The van der Waals surface area contributed by atoms with Crippen molar-refractivity contribution < 1.29 is 0 Å². The zero-order valence-electron chi connectivity index (χ0n) is 7.61. The van der Waals surface area contributed by atoms with Gasteiger partial charge in [-0.05, 0) is 13.8 Å². The summed E-state index contributed by atoms with van der Waals surface area (Å²) in [4.78, 5) is 8.34. The van der Waals surface area contributed by atoms with Crippen molar-refractivity contribution in [1.29, 1.82) is 0 Å². The smallest absolute Gasteiger partial charge is 0.204 e. The summed E-state index contributed by atoms with van der Waals surface area (Å²) in [5.74, 6) is 5.32. The van der Waals surface area contributed by atoms with Crippen molar-refractivity contribution >= 4 is 17.3 Å². The van der Waals surface area contributed by atoms with Crippen LogP contribution in [0.5, 0.6) is 0 Å². The Labute approximate surface area is 80.8 Å². The van der Waals surface area contributed by atoms with E-state index in [0.717, 1.165) is 5.01 Å². The lowest BCUT2D eigenvalue weighted by Crippen LogP contribution is -2.39. The van der Waals surface area contributed by atoms with Crippen molar-refractivity contribution in [3.05, 3.63) is 16.6 Å². The number of nitrogens with zero attached hydrogens (tertiary/aromatic N) is 2. The molecule has 0 aromatic carbocycles. The van der Waals surface area contributed by atoms with Crippen molar-refractivity contribution in [3.63, 3.8) is 0 Å². The normalized spacial score (nSPS) is 13.0. The molecule has 0 aliphatic heterocycles. The SMILES string of the molecule is CC(C)(N=C(N)NN)c1nccs1. The maximum atomic E-state index is 5.46. The fraction of sp³-hybridized carbons (Fsp3) is 0.429. The summed E-state index contributed by atoms with van der Waals surface area (Å²) in [6.45, 7) is 3.85. The Kier molecular flexibility index (Phi) is 2.84. The maximum Gasteiger partial charge on any atom is 0.204 e. The van der Waals surface area contributed by atoms with Gasteiger partial charge in [0, 0.05) is 11.6 Å². The largest absolute Gasteiger partial charge is 0.369 e. The highest BCUT2D eigenvalue weighted by atomic mass is 32.1. The molecule has 1 aromatic rings. The van der Waals surface area contributed by atoms with Gasteiger partial charge in [-0.25, -0.2) is 15.8 Å². The van der Waals surface area contributed by atoms with E-state index in [9.17, 15) is 0 Å². The van der Waals surface area contributed by atoms with Gasteiger partial charge >= 0.3 is 0 Å². The van der Waals surface area contributed by atoms with Gasteiger partial charge < -0.3 is 5.73 Å². The zero-order chi connectivity index (χ0) is 9.90. The van der Waals surface area contributed by atoms with E-state index >= 15 is 0 Å². The molecule has 0 aliphatic carbocycles. The second kappa shape index (κ2) is 3.71. The summed E-state index contributed by atoms with van der Waals surface area (Å²) in [6, 6.07) is 0. The Bertz CT molecular complexity index is 290. The molecule has 6 heteroatoms. The lowest BCUT2D eigenvalue weighted by Gasteiger charge is -2.16. The lowest BCUT2D eigenvalue weighted by atomic mass is 10.1. The van der Waals surface area contributed by atoms with Crippen molar-refractivity contribution in [3.8, 4) is 0 Å². The average molecular weight is 199 g/mol. The van der Waals surface area contributed by atoms with Crippen LogP contribution in [0.2, 0.25) is 0 Å². The number of aromatic nitrogens is 1. The molecular weight excluding hydrogens is 186 g/mol. The summed E-state index contributed by atoms with van der Waals surface area (Å²) in [5, 5.41) is 2.81. The van der Waals surface area contributed by atoms with Crippen LogP contribution in [0.4, 0.5) is 0 Å². The minimum atomic E-state index is -0.426. The van der Waals surface area contributed by atoms with E-state index in [1.807, 2.05) is 19.2 Å². The maximum absolute atomic E-state index is 5.46. The minimum absolute atomic E-state index is 0.209. The molecule has 1 heterocycles. The molecule has 0 fully saturated rings. The van der Waals surface area contributed by atoms with Gasteiger partial charge in [0.1, 0.15) is 10.5 Å². The number of hydrogen-bond acceptors (Lipinski definition) is 4. The van der Waals surface area contributed by atoms with Gasteiger partial charge in [-0.3, -0.25) is 5.43 Å². The third kappa shape index (κ3) is 2.40. The molecule has 0 bridgehead atoms. The molecule has 13 heavy (non-hydrogen) atoms. The number of nitrogens with one attached hydrogen (secondary N) is 1. The van der Waals surface area contributed by atoms with E-state index < -0.39 is 5.54 Å². The Morgan fingerprint density at radius 1 is 1.69 bits per heavy atom. The van der Waals surface area contributed by atoms with Crippen molar-refractivity contribution in [2.75, 3.05) is 0 Å². The highest BCUT2D eigenvalue weighted by molar-refractivity contribution is 7.09. The second-order valence-corrected chi connectivity index (χ2v) is 3.93. The van der Waals surface area contributed by atoms with Crippen molar-refractivity contribution in [1.82, 2.24) is 10.4 Å². The van der Waals surface area contributed by atoms with E-state index in [1.165, 1.54) is 11.3 Å². The van der Waals surface area contributed by atoms with E-state index in [0.29, 0.717) is 0 Å². The third-order valence-corrected chi connectivity index (χ3v) is 2.59. The number of hydrazine groups is 1. The van der Waals surface area contributed by atoms with Gasteiger partial charge in [-0.1, -0.05) is 0 Å². The summed E-state index contributed by atoms with van der Waals surface area (Å²) >= 11 is 1.54. The molecule has 1 rings (SSSR count). The molecule has 0 amide bonds. The van der Waals surface area contributed by atoms with Gasteiger partial charge in [0.15, 0.2) is 0 Å². The second-order valence-electron chi connectivity index (χ2n) is 3.04. The van der Waals surface area contributed by atoms with E-state index in [1.54, 1.807) is 6.20 Å². The molecule has 0 saturated heterocycles. The quantitative estimate of drug-likeness (QED) is 0.274. The molecule has 0 spiro atoms. The number of rotatable bonds is 2. The number of nitrogens with two attached hydrogens (primary N) is 2. The zero-order valence-corrected chi connectivity index (χ0v) is 8.43. The Balaban J connectivity index is 2.90. The van der Waals surface area contributed by atoms with Crippen LogP contribution in [0.15, 0.2) is 16.6 Å². The summed E-state index contributed by atoms with van der Waals surface area (Å²) in [6.07, 6.45) is 1.74. The first-order chi connectivity index (χ1) is 6.06. The van der Waals surface area contributed by atoms with Gasteiger partial charge in [-0.15, -0.1) is 11.3 Å². The predicted octanol–water partition coefficient (Wildman–Crippen LogP) is 0.156. The van der Waals surface area contributed by atoms with Crippen LogP contribution in [-0.4, -0.2) is 10.9 Å². The summed E-state index contributed by atoms with van der Waals surface area (Å²) in [7, 11) is 0. The van der Waals surface area contributed by atoms with Gasteiger partial charge in [0.25, 0.3) is 0 Å². The molecule has 0 unspecified atom stereocenters. The number of thiazole rings is 1. The standard InChI is InChI=1S/C7H13N5S/c1-7(2,11-6(8)12-9)5-10-3-4-13-5/h3-4H,9H2,1-2H3,(H3,8,11,12). The predicted molar refractivity (Wildman–Crippen MR) is 54.1 cm³/mol. The van der Waals surface area contributed by atoms with Crippen molar-refractivity contribution in [2.45, 2.75) is 19.4 Å². The van der Waals surface area contributed by atoms with Crippen LogP contribution in [0.25, 0.3) is 0 Å². The molecule has 72 valence electrons. The third-order valence-electron chi connectivity index (χ3n) is 1.50. The van der Waals surface area contributed by atoms with Gasteiger partial charge in [0.05, 0.1) is 0 Å². The van der Waals surface area contributed by atoms with Crippen molar-refractivity contribution in [2.24, 2.45) is 16.6 Å². The molecule has 1 aromatic heterocycles. The van der Waals surface area contributed by atoms with Gasteiger partial charge in [0.2, 0.25) is 5.96 Å². The van der Waals surface area contributed by atoms with E-state index in [4.69, 9.17) is 11.6 Å². The molecular formula is C7H13N5S. The van der Waals surface area contributed by atoms with E-state index in [-0.39, 0.29) is 5.96 Å². The monoisotopic (exact) mass is 199 g/mol. The topological polar surface area (TPSA) is 89.3 Å². The highest BCUT2D eigenvalue weighted by Gasteiger charge is 2.22. The molecule has 5 N–H and O–H groups in total. The summed E-state index contributed by atoms with van der Waals surface area (Å²) in [5.41, 5.74) is 7.32. The van der Waals surface area contributed by atoms with Gasteiger partial charge in [-0.2, -0.15) is 0 Å². The fourth-order valence-corrected chi connectivity index (χ4v) is 1.61.